The zero-order valence-electron chi connectivity index (χ0n) is 11.1. The average molecular weight is 251 g/mol. The van der Waals surface area contributed by atoms with Crippen LogP contribution in [0.2, 0.25) is 0 Å². The highest BCUT2D eigenvalue weighted by molar-refractivity contribution is 6.21. The van der Waals surface area contributed by atoms with Crippen LogP contribution in [0.5, 0.6) is 0 Å². The highest BCUT2D eigenvalue weighted by Crippen LogP contribution is 2.45. The van der Waals surface area contributed by atoms with Crippen LogP contribution in [0.3, 0.4) is 0 Å². The van der Waals surface area contributed by atoms with Crippen molar-refractivity contribution in [1.29, 1.82) is 0 Å². The number of halogens is 1. The first-order chi connectivity index (χ1) is 8.08. The van der Waals surface area contributed by atoms with Crippen molar-refractivity contribution in [3.8, 4) is 0 Å². The third kappa shape index (κ3) is 3.48. The summed E-state index contributed by atoms with van der Waals surface area (Å²) in [6.45, 7) is 6.80. The van der Waals surface area contributed by atoms with Gasteiger partial charge in [0, 0.05) is 0 Å². The van der Waals surface area contributed by atoms with Gasteiger partial charge in [0.25, 0.3) is 0 Å². The maximum Gasteiger partial charge on any atom is 0.0613 e. The standard InChI is InChI=1S/C16H23Cl/c1-11(2)10-13-4-6-15(7-5-13)16(17)12(3)14-8-9-14/h4-7,11-12,14,16H,8-10H2,1-3H3. The highest BCUT2D eigenvalue weighted by Gasteiger charge is 2.32. The van der Waals surface area contributed by atoms with E-state index in [0.717, 1.165) is 18.3 Å². The molecule has 0 aliphatic heterocycles. The topological polar surface area (TPSA) is 0 Å². The molecule has 1 heteroatoms. The first-order valence-electron chi connectivity index (χ1n) is 6.81. The Hall–Kier alpha value is -0.490. The van der Waals surface area contributed by atoms with E-state index in [1.807, 2.05) is 0 Å². The van der Waals surface area contributed by atoms with Gasteiger partial charge in [0.05, 0.1) is 5.38 Å². The summed E-state index contributed by atoms with van der Waals surface area (Å²) in [6, 6.07) is 8.91. The van der Waals surface area contributed by atoms with Crippen LogP contribution in [0.4, 0.5) is 0 Å². The molecule has 0 amide bonds. The van der Waals surface area contributed by atoms with Crippen molar-refractivity contribution in [2.75, 3.05) is 0 Å². The lowest BCUT2D eigenvalue weighted by atomic mass is 9.94. The number of alkyl halides is 1. The van der Waals surface area contributed by atoms with Gasteiger partial charge in [-0.25, -0.2) is 0 Å². The minimum Gasteiger partial charge on any atom is -0.118 e. The summed E-state index contributed by atoms with van der Waals surface area (Å²) < 4.78 is 0. The first-order valence-corrected chi connectivity index (χ1v) is 7.24. The van der Waals surface area contributed by atoms with E-state index in [9.17, 15) is 0 Å². The van der Waals surface area contributed by atoms with Gasteiger partial charge < -0.3 is 0 Å². The van der Waals surface area contributed by atoms with E-state index in [1.165, 1.54) is 24.0 Å². The monoisotopic (exact) mass is 250 g/mol. The molecule has 1 saturated carbocycles. The third-order valence-corrected chi connectivity index (χ3v) is 4.42. The molecule has 0 heterocycles. The lowest BCUT2D eigenvalue weighted by Crippen LogP contribution is -2.06. The van der Waals surface area contributed by atoms with Crippen LogP contribution in [0.15, 0.2) is 24.3 Å². The molecule has 2 atom stereocenters. The molecule has 2 rings (SSSR count). The molecule has 0 bridgehead atoms. The molecule has 0 nitrogen and oxygen atoms in total. The van der Waals surface area contributed by atoms with E-state index >= 15 is 0 Å². The molecule has 1 aliphatic carbocycles. The predicted octanol–water partition coefficient (Wildman–Crippen LogP) is 5.21. The Morgan fingerprint density at radius 2 is 1.71 bits per heavy atom. The maximum atomic E-state index is 6.55. The number of benzene rings is 1. The van der Waals surface area contributed by atoms with Crippen molar-refractivity contribution in [1.82, 2.24) is 0 Å². The molecule has 1 aromatic rings. The number of hydrogen-bond acceptors (Lipinski definition) is 0. The second-order valence-electron chi connectivity index (χ2n) is 5.94. The predicted molar refractivity (Wildman–Crippen MR) is 75.5 cm³/mol. The van der Waals surface area contributed by atoms with Crippen molar-refractivity contribution in [3.63, 3.8) is 0 Å². The molecule has 0 spiro atoms. The van der Waals surface area contributed by atoms with Crippen molar-refractivity contribution in [2.45, 2.75) is 45.4 Å². The van der Waals surface area contributed by atoms with Gasteiger partial charge in [0.2, 0.25) is 0 Å². The third-order valence-electron chi connectivity index (χ3n) is 3.77. The Bertz CT molecular complexity index is 348. The second-order valence-corrected chi connectivity index (χ2v) is 6.41. The van der Waals surface area contributed by atoms with Crippen molar-refractivity contribution in [3.05, 3.63) is 35.4 Å². The van der Waals surface area contributed by atoms with Crippen molar-refractivity contribution >= 4 is 11.6 Å². The number of rotatable bonds is 5. The van der Waals surface area contributed by atoms with Crippen LogP contribution in [-0.2, 0) is 6.42 Å². The molecule has 1 aromatic carbocycles. The summed E-state index contributed by atoms with van der Waals surface area (Å²) in [5, 5.41) is 0.190. The van der Waals surface area contributed by atoms with Gasteiger partial charge in [-0.3, -0.25) is 0 Å². The van der Waals surface area contributed by atoms with Crippen LogP contribution in [0.1, 0.15) is 50.1 Å². The first kappa shape index (κ1) is 13.0. The lowest BCUT2D eigenvalue weighted by molar-refractivity contribution is 0.491. The van der Waals surface area contributed by atoms with Crippen LogP contribution in [0.25, 0.3) is 0 Å². The molecule has 1 fully saturated rings. The van der Waals surface area contributed by atoms with Gasteiger partial charge in [-0.15, -0.1) is 11.6 Å². The quantitative estimate of drug-likeness (QED) is 0.630. The van der Waals surface area contributed by atoms with E-state index < -0.39 is 0 Å². The molecule has 0 N–H and O–H groups in total. The Kier molecular flexibility index (Phi) is 4.14. The fraction of sp³-hybridized carbons (Fsp3) is 0.625. The van der Waals surface area contributed by atoms with Gasteiger partial charge in [-0.2, -0.15) is 0 Å². The molecule has 0 radical (unpaired) electrons. The summed E-state index contributed by atoms with van der Waals surface area (Å²) in [5.74, 6) is 2.21. The summed E-state index contributed by atoms with van der Waals surface area (Å²) in [4.78, 5) is 0. The molecule has 2 unspecified atom stereocenters. The Morgan fingerprint density at radius 3 is 2.18 bits per heavy atom. The van der Waals surface area contributed by atoms with Crippen LogP contribution >= 0.6 is 11.6 Å². The Morgan fingerprint density at radius 1 is 1.12 bits per heavy atom. The van der Waals surface area contributed by atoms with Gasteiger partial charge >= 0.3 is 0 Å². The van der Waals surface area contributed by atoms with E-state index in [1.54, 1.807) is 0 Å². The largest absolute Gasteiger partial charge is 0.118 e. The summed E-state index contributed by atoms with van der Waals surface area (Å²) >= 11 is 6.55. The summed E-state index contributed by atoms with van der Waals surface area (Å²) in [6.07, 6.45) is 3.90. The molecular formula is C16H23Cl. The number of hydrogen-bond donors (Lipinski definition) is 0. The average Bonchev–Trinajstić information content (AvgIpc) is 3.11. The van der Waals surface area contributed by atoms with Crippen LogP contribution < -0.4 is 0 Å². The minimum absolute atomic E-state index is 0.190. The molecular weight excluding hydrogens is 228 g/mol. The lowest BCUT2D eigenvalue weighted by Gasteiger charge is -2.18. The molecule has 94 valence electrons. The molecule has 0 saturated heterocycles. The highest BCUT2D eigenvalue weighted by atomic mass is 35.5. The Balaban J connectivity index is 2.01. The molecule has 0 aromatic heterocycles. The van der Waals surface area contributed by atoms with E-state index in [2.05, 4.69) is 45.0 Å². The van der Waals surface area contributed by atoms with Gasteiger partial charge in [0.1, 0.15) is 0 Å². The minimum atomic E-state index is 0.190. The van der Waals surface area contributed by atoms with E-state index in [0.29, 0.717) is 5.92 Å². The fourth-order valence-electron chi connectivity index (χ4n) is 2.47. The van der Waals surface area contributed by atoms with E-state index in [-0.39, 0.29) is 5.38 Å². The molecule has 1 aliphatic rings. The van der Waals surface area contributed by atoms with Gasteiger partial charge in [-0.1, -0.05) is 45.0 Å². The van der Waals surface area contributed by atoms with Gasteiger partial charge in [0.15, 0.2) is 0 Å². The summed E-state index contributed by atoms with van der Waals surface area (Å²) in [5.41, 5.74) is 2.71. The van der Waals surface area contributed by atoms with Gasteiger partial charge in [-0.05, 0) is 48.1 Å². The van der Waals surface area contributed by atoms with Crippen LogP contribution in [-0.4, -0.2) is 0 Å². The Labute approximate surface area is 110 Å². The SMILES string of the molecule is CC(C)Cc1ccc(C(Cl)C(C)C2CC2)cc1. The summed E-state index contributed by atoms with van der Waals surface area (Å²) in [7, 11) is 0. The van der Waals surface area contributed by atoms with Crippen LogP contribution in [0, 0.1) is 17.8 Å². The second kappa shape index (κ2) is 5.44. The molecule has 17 heavy (non-hydrogen) atoms. The smallest absolute Gasteiger partial charge is 0.0613 e. The normalized spacial score (nSPS) is 19.4. The fourth-order valence-corrected chi connectivity index (χ4v) is 2.82. The van der Waals surface area contributed by atoms with Crippen molar-refractivity contribution in [2.24, 2.45) is 17.8 Å². The van der Waals surface area contributed by atoms with Crippen molar-refractivity contribution < 1.29 is 0 Å². The zero-order chi connectivity index (χ0) is 12.4. The maximum absolute atomic E-state index is 6.55. The zero-order valence-corrected chi connectivity index (χ0v) is 11.9. The van der Waals surface area contributed by atoms with E-state index in [4.69, 9.17) is 11.6 Å².